The molecule has 0 atom stereocenters. The highest BCUT2D eigenvalue weighted by molar-refractivity contribution is 9.10. The summed E-state index contributed by atoms with van der Waals surface area (Å²) in [4.78, 5) is 2.30. The third-order valence-corrected chi connectivity index (χ3v) is 4.68. The number of rotatable bonds is 6. The van der Waals surface area contributed by atoms with Gasteiger partial charge in [0.1, 0.15) is 12.4 Å². The lowest BCUT2D eigenvalue weighted by atomic mass is 10.2. The number of nitrogens with zero attached hydrogens (tertiary/aromatic N) is 1. The van der Waals surface area contributed by atoms with E-state index in [9.17, 15) is 8.42 Å². The number of benzene rings is 2. The van der Waals surface area contributed by atoms with Crippen molar-refractivity contribution >= 4 is 32.2 Å². The molecular weight excluding hydrogens is 380 g/mol. The van der Waals surface area contributed by atoms with Crippen LogP contribution in [-0.4, -0.2) is 21.2 Å². The molecule has 0 fully saturated rings. The zero-order valence-corrected chi connectivity index (χ0v) is 14.3. The Labute approximate surface area is 143 Å². The maximum atomic E-state index is 12.0. The van der Waals surface area contributed by atoms with Gasteiger partial charge in [-0.2, -0.15) is 13.5 Å². The summed E-state index contributed by atoms with van der Waals surface area (Å²) in [5.74, 6) is 2.94. The summed E-state index contributed by atoms with van der Waals surface area (Å²) in [7, 11) is -3.69. The zero-order chi connectivity index (χ0) is 16.7. The number of hydrazone groups is 1. The fourth-order valence-corrected chi connectivity index (χ4v) is 2.81. The van der Waals surface area contributed by atoms with Crippen LogP contribution in [0.4, 0.5) is 0 Å². The van der Waals surface area contributed by atoms with Gasteiger partial charge in [0.05, 0.1) is 11.1 Å². The lowest BCUT2D eigenvalue weighted by Gasteiger charge is -2.05. The van der Waals surface area contributed by atoms with Crippen LogP contribution in [0.5, 0.6) is 5.75 Å². The normalized spacial score (nSPS) is 11.1. The average Bonchev–Trinajstić information content (AvgIpc) is 2.56. The summed E-state index contributed by atoms with van der Waals surface area (Å²) < 4.78 is 30.1. The number of ether oxygens (including phenoxy) is 1. The molecule has 2 aromatic carbocycles. The molecule has 0 saturated carbocycles. The van der Waals surface area contributed by atoms with Crippen molar-refractivity contribution in [3.63, 3.8) is 0 Å². The highest BCUT2D eigenvalue weighted by Gasteiger charge is 2.11. The smallest absolute Gasteiger partial charge is 0.276 e. The molecule has 0 heterocycles. The molecule has 0 unspecified atom stereocenters. The largest absolute Gasteiger partial charge is 0.481 e. The molecule has 0 aliphatic heterocycles. The van der Waals surface area contributed by atoms with Gasteiger partial charge in [0.25, 0.3) is 10.0 Å². The van der Waals surface area contributed by atoms with Gasteiger partial charge in [0.15, 0.2) is 0 Å². The van der Waals surface area contributed by atoms with Gasteiger partial charge < -0.3 is 4.74 Å². The van der Waals surface area contributed by atoms with Gasteiger partial charge in [-0.15, -0.1) is 6.42 Å². The molecule has 0 bridgehead atoms. The van der Waals surface area contributed by atoms with E-state index >= 15 is 0 Å². The van der Waals surface area contributed by atoms with Crippen LogP contribution >= 0.6 is 15.9 Å². The molecule has 7 heteroatoms. The molecule has 0 aliphatic rings. The minimum Gasteiger partial charge on any atom is -0.481 e. The SMILES string of the molecule is C#CCOc1ccc(Br)c(/C=N\NS(=O)(=O)c2ccccc2)c1. The minimum atomic E-state index is -3.69. The molecule has 23 heavy (non-hydrogen) atoms. The second kappa shape index (κ2) is 7.81. The van der Waals surface area contributed by atoms with Crippen molar-refractivity contribution in [3.8, 4) is 18.1 Å². The second-order valence-corrected chi connectivity index (χ2v) is 6.86. The first-order chi connectivity index (χ1) is 11.0. The fourth-order valence-electron chi connectivity index (χ4n) is 1.65. The summed E-state index contributed by atoms with van der Waals surface area (Å²) in [6, 6.07) is 13.2. The summed E-state index contributed by atoms with van der Waals surface area (Å²) in [5.41, 5.74) is 0.648. The van der Waals surface area contributed by atoms with Crippen LogP contribution < -0.4 is 9.57 Å². The first-order valence-electron chi connectivity index (χ1n) is 6.48. The van der Waals surface area contributed by atoms with E-state index in [1.165, 1.54) is 18.3 Å². The van der Waals surface area contributed by atoms with Gasteiger partial charge in [0, 0.05) is 10.0 Å². The Balaban J connectivity index is 2.13. The van der Waals surface area contributed by atoms with Crippen LogP contribution in [0, 0.1) is 12.3 Å². The first kappa shape index (κ1) is 17.1. The topological polar surface area (TPSA) is 67.8 Å². The van der Waals surface area contributed by atoms with Crippen molar-refractivity contribution in [2.75, 3.05) is 6.61 Å². The summed E-state index contributed by atoms with van der Waals surface area (Å²) >= 11 is 3.36. The predicted molar refractivity (Wildman–Crippen MR) is 92.8 cm³/mol. The predicted octanol–water partition coefficient (Wildman–Crippen LogP) is 2.77. The van der Waals surface area contributed by atoms with E-state index in [2.05, 4.69) is 31.8 Å². The molecule has 0 aromatic heterocycles. The standard InChI is InChI=1S/C16H13BrN2O3S/c1-2-10-22-14-8-9-16(17)13(11-14)12-18-19-23(20,21)15-6-4-3-5-7-15/h1,3-9,11-12,19H,10H2/b18-12-. The van der Waals surface area contributed by atoms with Gasteiger partial charge in [-0.3, -0.25) is 0 Å². The van der Waals surface area contributed by atoms with Crippen molar-refractivity contribution < 1.29 is 13.2 Å². The number of nitrogens with one attached hydrogen (secondary N) is 1. The van der Waals surface area contributed by atoms with E-state index in [4.69, 9.17) is 11.2 Å². The summed E-state index contributed by atoms with van der Waals surface area (Å²) in [5, 5.41) is 3.78. The van der Waals surface area contributed by atoms with Crippen molar-refractivity contribution in [1.82, 2.24) is 4.83 Å². The Morgan fingerprint density at radius 3 is 2.70 bits per heavy atom. The van der Waals surface area contributed by atoms with Crippen LogP contribution in [-0.2, 0) is 10.0 Å². The van der Waals surface area contributed by atoms with Gasteiger partial charge in [-0.25, -0.2) is 4.83 Å². The summed E-state index contributed by atoms with van der Waals surface area (Å²) in [6.45, 7) is 0.152. The van der Waals surface area contributed by atoms with Gasteiger partial charge in [0.2, 0.25) is 0 Å². The Bertz CT molecular complexity index is 843. The number of terminal acetylenes is 1. The minimum absolute atomic E-state index is 0.141. The lowest BCUT2D eigenvalue weighted by Crippen LogP contribution is -2.18. The molecule has 0 amide bonds. The highest BCUT2D eigenvalue weighted by Crippen LogP contribution is 2.21. The van der Waals surface area contributed by atoms with E-state index in [1.54, 1.807) is 36.4 Å². The molecule has 1 N–H and O–H groups in total. The molecular formula is C16H13BrN2O3S. The Hall–Kier alpha value is -2.30. The van der Waals surface area contributed by atoms with Crippen molar-refractivity contribution in [2.45, 2.75) is 4.90 Å². The fraction of sp³-hybridized carbons (Fsp3) is 0.0625. The molecule has 0 radical (unpaired) electrons. The molecule has 0 spiro atoms. The molecule has 118 valence electrons. The second-order valence-electron chi connectivity index (χ2n) is 4.34. The van der Waals surface area contributed by atoms with E-state index in [0.717, 1.165) is 4.47 Å². The van der Waals surface area contributed by atoms with E-state index in [-0.39, 0.29) is 11.5 Å². The number of hydrogen-bond donors (Lipinski definition) is 1. The number of hydrogen-bond acceptors (Lipinski definition) is 4. The number of sulfonamides is 1. The molecule has 0 saturated heterocycles. The maximum absolute atomic E-state index is 12.0. The Morgan fingerprint density at radius 1 is 1.26 bits per heavy atom. The maximum Gasteiger partial charge on any atom is 0.276 e. The van der Waals surface area contributed by atoms with Gasteiger partial charge in [-0.1, -0.05) is 40.0 Å². The average molecular weight is 393 g/mol. The third kappa shape index (κ3) is 4.84. The van der Waals surface area contributed by atoms with Crippen molar-refractivity contribution in [1.29, 1.82) is 0 Å². The van der Waals surface area contributed by atoms with Gasteiger partial charge >= 0.3 is 0 Å². The van der Waals surface area contributed by atoms with E-state index in [1.807, 2.05) is 0 Å². The van der Waals surface area contributed by atoms with E-state index in [0.29, 0.717) is 11.3 Å². The lowest BCUT2D eigenvalue weighted by molar-refractivity contribution is 0.370. The van der Waals surface area contributed by atoms with Crippen LogP contribution in [0.1, 0.15) is 5.56 Å². The molecule has 2 rings (SSSR count). The van der Waals surface area contributed by atoms with Crippen molar-refractivity contribution in [3.05, 3.63) is 58.6 Å². The highest BCUT2D eigenvalue weighted by atomic mass is 79.9. The Kier molecular flexibility index (Phi) is 5.79. The third-order valence-electron chi connectivity index (χ3n) is 2.72. The molecule has 0 aliphatic carbocycles. The first-order valence-corrected chi connectivity index (χ1v) is 8.76. The zero-order valence-electron chi connectivity index (χ0n) is 11.9. The quantitative estimate of drug-likeness (QED) is 0.466. The molecule has 2 aromatic rings. The van der Waals surface area contributed by atoms with Crippen LogP contribution in [0.25, 0.3) is 0 Å². The number of halogens is 1. The van der Waals surface area contributed by atoms with Crippen LogP contribution in [0.2, 0.25) is 0 Å². The summed E-state index contributed by atoms with van der Waals surface area (Å²) in [6.07, 6.45) is 6.52. The molecule has 5 nitrogen and oxygen atoms in total. The van der Waals surface area contributed by atoms with E-state index < -0.39 is 10.0 Å². The monoisotopic (exact) mass is 392 g/mol. The Morgan fingerprint density at radius 2 is 2.00 bits per heavy atom. The van der Waals surface area contributed by atoms with Gasteiger partial charge in [-0.05, 0) is 30.3 Å². The van der Waals surface area contributed by atoms with Crippen molar-refractivity contribution in [2.24, 2.45) is 5.10 Å². The van der Waals surface area contributed by atoms with Crippen LogP contribution in [0.3, 0.4) is 0 Å². The van der Waals surface area contributed by atoms with Crippen LogP contribution in [0.15, 0.2) is 63.0 Å².